The average Bonchev–Trinajstić information content (AvgIpc) is 3.06. The Morgan fingerprint density at radius 1 is 1.05 bits per heavy atom. The zero-order valence-electron chi connectivity index (χ0n) is 21.7. The molecule has 5 nitrogen and oxygen atoms in total. The van der Waals surface area contributed by atoms with Gasteiger partial charge in [-0.15, -0.1) is 0 Å². The van der Waals surface area contributed by atoms with Crippen LogP contribution in [0.5, 0.6) is 0 Å². The Balaban J connectivity index is 1.64. The molecule has 2 saturated heterocycles. The second-order valence-corrected chi connectivity index (χ2v) is 12.8. The SMILES string of the molecule is Cc1cc(C(C)(O)C(F)(F)F)ccc1-c1cc(F)c(CN2CC3CCC(C2)N3S(C)(=O)=O)cc1C(C)C. The smallest absolute Gasteiger partial charge is 0.376 e. The molecule has 2 aromatic rings. The van der Waals surface area contributed by atoms with Crippen molar-refractivity contribution in [2.24, 2.45) is 0 Å². The van der Waals surface area contributed by atoms with Gasteiger partial charge in [0, 0.05) is 37.3 Å². The van der Waals surface area contributed by atoms with Gasteiger partial charge in [-0.25, -0.2) is 12.8 Å². The average molecular weight is 543 g/mol. The lowest BCUT2D eigenvalue weighted by atomic mass is 9.86. The van der Waals surface area contributed by atoms with Crippen molar-refractivity contribution in [2.75, 3.05) is 19.3 Å². The second kappa shape index (κ2) is 9.63. The highest BCUT2D eigenvalue weighted by molar-refractivity contribution is 7.88. The van der Waals surface area contributed by atoms with Gasteiger partial charge in [0.25, 0.3) is 0 Å². The molecule has 204 valence electrons. The van der Waals surface area contributed by atoms with Crippen LogP contribution in [0.3, 0.4) is 0 Å². The first-order valence-electron chi connectivity index (χ1n) is 12.4. The summed E-state index contributed by atoms with van der Waals surface area (Å²) in [6.45, 7) is 7.76. The number of hydrogen-bond donors (Lipinski definition) is 1. The minimum absolute atomic E-state index is 0.0185. The van der Waals surface area contributed by atoms with Crippen molar-refractivity contribution in [1.29, 1.82) is 0 Å². The van der Waals surface area contributed by atoms with Gasteiger partial charge in [-0.1, -0.05) is 38.1 Å². The van der Waals surface area contributed by atoms with Crippen molar-refractivity contribution in [2.45, 2.75) is 76.9 Å². The number of hydrogen-bond acceptors (Lipinski definition) is 4. The normalized spacial score (nSPS) is 23.0. The number of nitrogens with zero attached hydrogens (tertiary/aromatic N) is 2. The summed E-state index contributed by atoms with van der Waals surface area (Å²) in [4.78, 5) is 2.10. The van der Waals surface area contributed by atoms with Crippen molar-refractivity contribution in [3.05, 3.63) is 58.4 Å². The maximum atomic E-state index is 15.4. The van der Waals surface area contributed by atoms with Gasteiger partial charge in [-0.2, -0.15) is 17.5 Å². The molecule has 2 aliphatic heterocycles. The van der Waals surface area contributed by atoms with Crippen LogP contribution in [-0.4, -0.2) is 60.3 Å². The molecule has 0 amide bonds. The Hall–Kier alpha value is -2.01. The number of fused-ring (bicyclic) bond motifs is 2. The highest BCUT2D eigenvalue weighted by Crippen LogP contribution is 2.41. The van der Waals surface area contributed by atoms with Crippen LogP contribution in [0.2, 0.25) is 0 Å². The van der Waals surface area contributed by atoms with Crippen LogP contribution in [-0.2, 0) is 22.2 Å². The van der Waals surface area contributed by atoms with E-state index in [1.165, 1.54) is 30.5 Å². The van der Waals surface area contributed by atoms with Crippen LogP contribution in [0, 0.1) is 12.7 Å². The van der Waals surface area contributed by atoms with E-state index < -0.39 is 27.6 Å². The third-order valence-corrected chi connectivity index (χ3v) is 9.10. The minimum Gasteiger partial charge on any atom is -0.376 e. The van der Waals surface area contributed by atoms with Gasteiger partial charge in [0.2, 0.25) is 10.0 Å². The van der Waals surface area contributed by atoms with Gasteiger partial charge >= 0.3 is 6.18 Å². The lowest BCUT2D eigenvalue weighted by molar-refractivity contribution is -0.258. The Bertz CT molecular complexity index is 1280. The van der Waals surface area contributed by atoms with Gasteiger partial charge in [0.1, 0.15) is 5.82 Å². The summed E-state index contributed by atoms with van der Waals surface area (Å²) in [6, 6.07) is 7.10. The standard InChI is InChI=1S/C27H34F4N2O3S/c1-16(2)23-11-18(13-32-14-20-7-8-21(15-32)33(20)37(5,35)36)25(28)12-24(23)22-9-6-19(10-17(22)3)26(4,34)27(29,30)31/h6,9-12,16,20-21,34H,7-8,13-15H2,1-5H3. The summed E-state index contributed by atoms with van der Waals surface area (Å²) >= 11 is 0. The fourth-order valence-corrected chi connectivity index (χ4v) is 7.19. The van der Waals surface area contributed by atoms with E-state index in [1.54, 1.807) is 11.2 Å². The molecule has 0 spiro atoms. The Labute approximate surface area is 216 Å². The maximum absolute atomic E-state index is 15.4. The van der Waals surface area contributed by atoms with Crippen LogP contribution >= 0.6 is 0 Å². The number of sulfonamides is 1. The molecule has 3 atom stereocenters. The molecule has 2 aliphatic rings. The molecule has 2 aromatic carbocycles. The summed E-state index contributed by atoms with van der Waals surface area (Å²) < 4.78 is 81.4. The van der Waals surface area contributed by atoms with Crippen molar-refractivity contribution >= 4 is 10.0 Å². The largest absolute Gasteiger partial charge is 0.421 e. The van der Waals surface area contributed by atoms with Crippen LogP contribution in [0.15, 0.2) is 30.3 Å². The Kier molecular flexibility index (Phi) is 7.29. The zero-order valence-corrected chi connectivity index (χ0v) is 22.5. The van der Waals surface area contributed by atoms with E-state index in [0.717, 1.165) is 25.3 Å². The zero-order chi connectivity index (χ0) is 27.5. The van der Waals surface area contributed by atoms with Crippen LogP contribution in [0.25, 0.3) is 11.1 Å². The fourth-order valence-electron chi connectivity index (χ4n) is 5.76. The van der Waals surface area contributed by atoms with E-state index in [4.69, 9.17) is 0 Å². The number of aryl methyl sites for hydroxylation is 1. The molecule has 0 saturated carbocycles. The molecule has 37 heavy (non-hydrogen) atoms. The lowest BCUT2D eigenvalue weighted by Gasteiger charge is -2.39. The third-order valence-electron chi connectivity index (χ3n) is 7.74. The summed E-state index contributed by atoms with van der Waals surface area (Å²) in [7, 11) is -3.29. The molecule has 0 aliphatic carbocycles. The molecule has 2 bridgehead atoms. The quantitative estimate of drug-likeness (QED) is 0.503. The number of rotatable bonds is 6. The molecular formula is C27H34F4N2O3S. The Morgan fingerprint density at radius 2 is 1.65 bits per heavy atom. The fraction of sp³-hybridized carbons (Fsp3) is 0.556. The van der Waals surface area contributed by atoms with Crippen molar-refractivity contribution < 1.29 is 31.1 Å². The van der Waals surface area contributed by atoms with Gasteiger partial charge < -0.3 is 5.11 Å². The highest BCUT2D eigenvalue weighted by Gasteiger charge is 2.51. The van der Waals surface area contributed by atoms with E-state index in [0.29, 0.717) is 41.9 Å². The molecule has 2 fully saturated rings. The number of alkyl halides is 3. The molecule has 10 heteroatoms. The first kappa shape index (κ1) is 28.0. The first-order valence-corrected chi connectivity index (χ1v) is 14.3. The van der Waals surface area contributed by atoms with Crippen molar-refractivity contribution in [3.8, 4) is 11.1 Å². The first-order chi connectivity index (χ1) is 17.0. The molecule has 0 radical (unpaired) electrons. The number of halogens is 4. The topological polar surface area (TPSA) is 60.9 Å². The lowest BCUT2D eigenvalue weighted by Crippen LogP contribution is -2.55. The van der Waals surface area contributed by atoms with Gasteiger partial charge in [0.05, 0.1) is 6.26 Å². The van der Waals surface area contributed by atoms with Gasteiger partial charge in [0.15, 0.2) is 5.60 Å². The molecular weight excluding hydrogens is 508 g/mol. The summed E-state index contributed by atoms with van der Waals surface area (Å²) in [5.74, 6) is -0.395. The van der Waals surface area contributed by atoms with E-state index in [1.807, 2.05) is 19.9 Å². The molecule has 3 unspecified atom stereocenters. The van der Waals surface area contributed by atoms with Crippen LogP contribution in [0.1, 0.15) is 61.8 Å². The van der Waals surface area contributed by atoms with Crippen LogP contribution in [0.4, 0.5) is 17.6 Å². The summed E-state index contributed by atoms with van der Waals surface area (Å²) in [6.07, 6.45) is -2.00. The van der Waals surface area contributed by atoms with Crippen molar-refractivity contribution in [3.63, 3.8) is 0 Å². The molecule has 0 aromatic heterocycles. The minimum atomic E-state index is -4.83. The maximum Gasteiger partial charge on any atom is 0.421 e. The molecule has 4 rings (SSSR count). The number of likely N-dealkylation sites (tertiary alicyclic amines) is 1. The summed E-state index contributed by atoms with van der Waals surface area (Å²) in [5, 5.41) is 10.1. The van der Waals surface area contributed by atoms with E-state index in [-0.39, 0.29) is 23.6 Å². The van der Waals surface area contributed by atoms with E-state index in [2.05, 4.69) is 4.90 Å². The van der Waals surface area contributed by atoms with E-state index >= 15 is 4.39 Å². The Morgan fingerprint density at radius 3 is 2.14 bits per heavy atom. The molecule has 2 heterocycles. The van der Waals surface area contributed by atoms with Gasteiger partial charge in [-0.3, -0.25) is 4.90 Å². The van der Waals surface area contributed by atoms with Crippen LogP contribution < -0.4 is 0 Å². The predicted molar refractivity (Wildman–Crippen MR) is 135 cm³/mol. The van der Waals surface area contributed by atoms with Gasteiger partial charge in [-0.05, 0) is 66.5 Å². The monoisotopic (exact) mass is 542 g/mol. The van der Waals surface area contributed by atoms with Crippen molar-refractivity contribution in [1.82, 2.24) is 9.21 Å². The second-order valence-electron chi connectivity index (χ2n) is 11.0. The summed E-state index contributed by atoms with van der Waals surface area (Å²) in [5.41, 5.74) is -0.171. The third kappa shape index (κ3) is 5.30. The predicted octanol–water partition coefficient (Wildman–Crippen LogP) is 5.30. The number of aliphatic hydroxyl groups is 1. The number of benzene rings is 2. The highest BCUT2D eigenvalue weighted by atomic mass is 32.2. The number of piperazine rings is 1. The molecule has 1 N–H and O–H groups in total. The van der Waals surface area contributed by atoms with E-state index in [9.17, 15) is 26.7 Å².